The van der Waals surface area contributed by atoms with Crippen LogP contribution in [0.1, 0.15) is 48.9 Å². The number of aromatic nitrogens is 1. The van der Waals surface area contributed by atoms with E-state index in [4.69, 9.17) is 15.4 Å². The van der Waals surface area contributed by atoms with Crippen LogP contribution in [-0.4, -0.2) is 31.3 Å². The van der Waals surface area contributed by atoms with Gasteiger partial charge in [0.1, 0.15) is 6.54 Å². The van der Waals surface area contributed by atoms with Crippen molar-refractivity contribution >= 4 is 59.2 Å². The van der Waals surface area contributed by atoms with E-state index in [-0.39, 0.29) is 35.2 Å². The predicted molar refractivity (Wildman–Crippen MR) is 124 cm³/mol. The van der Waals surface area contributed by atoms with Crippen LogP contribution in [0.2, 0.25) is 0 Å². The van der Waals surface area contributed by atoms with Crippen LogP contribution in [0.15, 0.2) is 37.4 Å². The lowest BCUT2D eigenvalue weighted by molar-refractivity contribution is -0.143. The minimum Gasteiger partial charge on any atom is -0.465 e. The van der Waals surface area contributed by atoms with E-state index in [1.54, 1.807) is 19.1 Å². The number of esters is 1. The number of hydrogen-bond acceptors (Lipinski definition) is 6. The Morgan fingerprint density at radius 2 is 2.00 bits per heavy atom. The molecule has 168 valence electrons. The zero-order valence-electron chi connectivity index (χ0n) is 17.6. The van der Waals surface area contributed by atoms with Gasteiger partial charge in [0.2, 0.25) is 0 Å². The zero-order valence-corrected chi connectivity index (χ0v) is 21.6. The summed E-state index contributed by atoms with van der Waals surface area (Å²) in [6.07, 6.45) is 0.993. The number of rotatable bonds is 6. The Kier molecular flexibility index (Phi) is 7.01. The van der Waals surface area contributed by atoms with E-state index in [0.29, 0.717) is 32.7 Å². The van der Waals surface area contributed by atoms with E-state index in [2.05, 4.69) is 15.9 Å². The topological polar surface area (TPSA) is 82.4 Å². The summed E-state index contributed by atoms with van der Waals surface area (Å²) in [5.74, 6) is -0.407. The van der Waals surface area contributed by atoms with Gasteiger partial charge in [-0.05, 0) is 43.9 Å². The number of benzene rings is 1. The van der Waals surface area contributed by atoms with Gasteiger partial charge in [0.25, 0.3) is 9.05 Å². The first-order valence-electron chi connectivity index (χ1n) is 9.67. The molecule has 0 unspecified atom stereocenters. The van der Waals surface area contributed by atoms with Gasteiger partial charge in [-0.15, -0.1) is 0 Å². The minimum atomic E-state index is -4.01. The quantitative estimate of drug-likeness (QED) is 0.357. The maximum Gasteiger partial charge on any atom is 0.325 e. The fourth-order valence-corrected chi connectivity index (χ4v) is 6.99. The Morgan fingerprint density at radius 1 is 1.32 bits per heavy atom. The van der Waals surface area contributed by atoms with Crippen molar-refractivity contribution in [3.63, 3.8) is 0 Å². The summed E-state index contributed by atoms with van der Waals surface area (Å²) in [5, 5.41) is 0. The van der Waals surface area contributed by atoms with Gasteiger partial charge in [0.05, 0.1) is 17.1 Å². The first-order valence-corrected chi connectivity index (χ1v) is 13.6. The molecule has 0 spiro atoms. The molecule has 1 aromatic heterocycles. The number of Topliss-reactive ketones (excluding diaryl/α,β-unsaturated/α-hetero) is 1. The molecule has 0 amide bonds. The third-order valence-corrected chi connectivity index (χ3v) is 8.38. The van der Waals surface area contributed by atoms with Gasteiger partial charge < -0.3 is 9.30 Å². The molecule has 1 aliphatic carbocycles. The lowest BCUT2D eigenvalue weighted by Crippen LogP contribution is -2.29. The molecule has 0 radical (unpaired) electrons. The second-order valence-corrected chi connectivity index (χ2v) is 12.7. The molecule has 1 aromatic carbocycles. The summed E-state index contributed by atoms with van der Waals surface area (Å²) in [5.41, 5.74) is 1.80. The number of carbonyl (C=O) groups is 2. The lowest BCUT2D eigenvalue weighted by atomic mass is 9.76. The Bertz CT molecular complexity index is 1170. The Morgan fingerprint density at radius 3 is 2.61 bits per heavy atom. The van der Waals surface area contributed by atoms with Gasteiger partial charge >= 0.3 is 5.97 Å². The maximum atomic E-state index is 13.1. The molecule has 1 aliphatic rings. The van der Waals surface area contributed by atoms with Gasteiger partial charge in [0, 0.05) is 42.8 Å². The molecule has 2 aromatic rings. The molecular weight excluding hydrogens is 526 g/mol. The summed E-state index contributed by atoms with van der Waals surface area (Å²) in [6, 6.07) is 4.80. The van der Waals surface area contributed by atoms with Crippen molar-refractivity contribution < 1.29 is 22.7 Å². The molecule has 31 heavy (non-hydrogen) atoms. The first-order chi connectivity index (χ1) is 14.3. The van der Waals surface area contributed by atoms with Gasteiger partial charge in [-0.1, -0.05) is 41.5 Å². The number of ether oxygens (including phenoxy) is 1. The van der Waals surface area contributed by atoms with E-state index in [1.165, 1.54) is 17.8 Å². The summed E-state index contributed by atoms with van der Waals surface area (Å²) in [6.45, 7) is 7.87. The first kappa shape index (κ1) is 24.4. The zero-order chi connectivity index (χ0) is 23.1. The van der Waals surface area contributed by atoms with E-state index >= 15 is 0 Å². The minimum absolute atomic E-state index is 0.00702. The van der Waals surface area contributed by atoms with Crippen molar-refractivity contribution in [2.75, 3.05) is 6.61 Å². The van der Waals surface area contributed by atoms with Gasteiger partial charge in [-0.3, -0.25) is 9.59 Å². The van der Waals surface area contributed by atoms with Crippen molar-refractivity contribution in [1.29, 1.82) is 0 Å². The van der Waals surface area contributed by atoms with Crippen molar-refractivity contribution in [2.24, 2.45) is 5.41 Å². The average molecular weight is 549 g/mol. The second-order valence-electron chi connectivity index (χ2n) is 8.20. The van der Waals surface area contributed by atoms with Crippen LogP contribution < -0.4 is 0 Å². The Balaban J connectivity index is 2.18. The lowest BCUT2D eigenvalue weighted by Gasteiger charge is -2.30. The fraction of sp³-hybridized carbons (Fsp3) is 0.429. The molecule has 0 fully saturated rings. The second kappa shape index (κ2) is 8.92. The third kappa shape index (κ3) is 5.21. The monoisotopic (exact) mass is 547 g/mol. The largest absolute Gasteiger partial charge is 0.465 e. The van der Waals surface area contributed by atoms with Crippen LogP contribution in [0.25, 0.3) is 0 Å². The van der Waals surface area contributed by atoms with Crippen LogP contribution in [0.3, 0.4) is 0 Å². The summed E-state index contributed by atoms with van der Waals surface area (Å²) < 4.78 is 31.8. The average Bonchev–Trinajstić information content (AvgIpc) is 2.87. The molecule has 10 heteroatoms. The number of ketones is 1. The van der Waals surface area contributed by atoms with Gasteiger partial charge in [0.15, 0.2) is 5.78 Å². The molecule has 0 aliphatic heterocycles. The Hall–Kier alpha value is -1.29. The van der Waals surface area contributed by atoms with E-state index in [1.807, 2.05) is 25.3 Å². The fourth-order valence-electron chi connectivity index (χ4n) is 3.82. The molecule has 0 N–H and O–H groups in total. The molecule has 3 rings (SSSR count). The molecular formula is C21H23BrClNO5S2. The number of halogens is 2. The van der Waals surface area contributed by atoms with Crippen LogP contribution in [0, 0.1) is 12.3 Å². The van der Waals surface area contributed by atoms with Crippen molar-refractivity contribution in [2.45, 2.75) is 61.8 Å². The molecule has 0 saturated heterocycles. The highest BCUT2D eigenvalue weighted by atomic mass is 79.9. The predicted octanol–water partition coefficient (Wildman–Crippen LogP) is 5.36. The summed E-state index contributed by atoms with van der Waals surface area (Å²) >= 11 is 4.45. The van der Waals surface area contributed by atoms with E-state index in [9.17, 15) is 18.0 Å². The highest BCUT2D eigenvalue weighted by Crippen LogP contribution is 2.45. The van der Waals surface area contributed by atoms with Crippen LogP contribution in [0.4, 0.5) is 0 Å². The van der Waals surface area contributed by atoms with Crippen molar-refractivity contribution in [3.8, 4) is 0 Å². The van der Waals surface area contributed by atoms with Crippen LogP contribution in [0.5, 0.6) is 0 Å². The molecule has 0 bridgehead atoms. The standard InChI is InChI=1S/C21H23BrClNO5S2/c1-5-29-18(26)11-24-12(2)20(19-14(24)9-21(3,4)10-15(19)25)30-16-7-6-13(22)8-17(16)31(23,27)28/h6-8H,5,9-11H2,1-4H3. The van der Waals surface area contributed by atoms with E-state index < -0.39 is 9.05 Å². The third-order valence-electron chi connectivity index (χ3n) is 5.11. The molecule has 0 atom stereocenters. The molecule has 6 nitrogen and oxygen atoms in total. The van der Waals surface area contributed by atoms with Gasteiger partial charge in [-0.25, -0.2) is 8.42 Å². The normalized spacial score (nSPS) is 15.6. The van der Waals surface area contributed by atoms with Crippen molar-refractivity contribution in [1.82, 2.24) is 4.57 Å². The van der Waals surface area contributed by atoms with Crippen molar-refractivity contribution in [3.05, 3.63) is 39.6 Å². The maximum absolute atomic E-state index is 13.1. The smallest absolute Gasteiger partial charge is 0.325 e. The van der Waals surface area contributed by atoms with E-state index in [0.717, 1.165) is 11.4 Å². The number of fused-ring (bicyclic) bond motifs is 1. The number of hydrogen-bond donors (Lipinski definition) is 0. The number of nitrogens with zero attached hydrogens (tertiary/aromatic N) is 1. The van der Waals surface area contributed by atoms with Gasteiger partial charge in [-0.2, -0.15) is 0 Å². The highest BCUT2D eigenvalue weighted by Gasteiger charge is 2.37. The highest BCUT2D eigenvalue weighted by molar-refractivity contribution is 9.10. The van der Waals surface area contributed by atoms with Crippen LogP contribution in [-0.2, 0) is 31.5 Å². The summed E-state index contributed by atoms with van der Waals surface area (Å²) in [4.78, 5) is 26.4. The SMILES string of the molecule is CCOC(=O)Cn1c(C)c(Sc2ccc(Br)cc2S(=O)(=O)Cl)c2c1CC(C)(C)CC2=O. The number of carbonyl (C=O) groups excluding carboxylic acids is 2. The molecule has 0 saturated carbocycles. The van der Waals surface area contributed by atoms with Crippen LogP contribution >= 0.6 is 38.4 Å². The molecule has 1 heterocycles. The summed E-state index contributed by atoms with van der Waals surface area (Å²) in [7, 11) is 1.66. The Labute approximate surface area is 199 Å².